The van der Waals surface area contributed by atoms with Crippen LogP contribution >= 0.6 is 11.6 Å². The standard InChI is InChI=1S/C16H17ClO/c1-12-7-8-14(16(17)9-12)10-15(11-18)13-5-3-2-4-6-13/h2-9,15,18H,10-11H2,1H3. The monoisotopic (exact) mass is 260 g/mol. The summed E-state index contributed by atoms with van der Waals surface area (Å²) in [6.07, 6.45) is 0.764. The van der Waals surface area contributed by atoms with Crippen molar-refractivity contribution in [2.75, 3.05) is 6.61 Å². The first-order valence-electron chi connectivity index (χ1n) is 6.11. The van der Waals surface area contributed by atoms with Gasteiger partial charge in [-0.1, -0.05) is 54.1 Å². The molecule has 1 atom stereocenters. The quantitative estimate of drug-likeness (QED) is 0.882. The van der Waals surface area contributed by atoms with Gasteiger partial charge in [0, 0.05) is 10.9 Å². The van der Waals surface area contributed by atoms with Crippen LogP contribution in [0, 0.1) is 6.92 Å². The molecular weight excluding hydrogens is 244 g/mol. The SMILES string of the molecule is Cc1ccc(CC(CO)c2ccccc2)c(Cl)c1. The Morgan fingerprint density at radius 1 is 1.11 bits per heavy atom. The zero-order chi connectivity index (χ0) is 13.0. The van der Waals surface area contributed by atoms with Gasteiger partial charge in [0.05, 0.1) is 6.61 Å². The summed E-state index contributed by atoms with van der Waals surface area (Å²) < 4.78 is 0. The van der Waals surface area contributed by atoms with Crippen molar-refractivity contribution in [1.29, 1.82) is 0 Å². The second kappa shape index (κ2) is 6.03. The Hall–Kier alpha value is -1.31. The highest BCUT2D eigenvalue weighted by molar-refractivity contribution is 6.31. The van der Waals surface area contributed by atoms with Crippen molar-refractivity contribution < 1.29 is 5.11 Å². The minimum Gasteiger partial charge on any atom is -0.396 e. The van der Waals surface area contributed by atoms with Gasteiger partial charge in [-0.15, -0.1) is 0 Å². The Morgan fingerprint density at radius 3 is 2.44 bits per heavy atom. The van der Waals surface area contributed by atoms with Crippen molar-refractivity contribution in [2.24, 2.45) is 0 Å². The molecular formula is C16H17ClO. The average Bonchev–Trinajstić information content (AvgIpc) is 2.39. The van der Waals surface area contributed by atoms with Gasteiger partial charge < -0.3 is 5.11 Å². The number of rotatable bonds is 4. The number of benzene rings is 2. The highest BCUT2D eigenvalue weighted by atomic mass is 35.5. The molecule has 18 heavy (non-hydrogen) atoms. The topological polar surface area (TPSA) is 20.2 Å². The Kier molecular flexibility index (Phi) is 4.40. The molecule has 0 aromatic heterocycles. The lowest BCUT2D eigenvalue weighted by Gasteiger charge is -2.15. The van der Waals surface area contributed by atoms with Crippen LogP contribution in [0.1, 0.15) is 22.6 Å². The number of aliphatic hydroxyl groups excluding tert-OH is 1. The summed E-state index contributed by atoms with van der Waals surface area (Å²) in [4.78, 5) is 0. The fraction of sp³-hybridized carbons (Fsp3) is 0.250. The van der Waals surface area contributed by atoms with E-state index >= 15 is 0 Å². The largest absolute Gasteiger partial charge is 0.396 e. The van der Waals surface area contributed by atoms with E-state index < -0.39 is 0 Å². The second-order valence-corrected chi connectivity index (χ2v) is 5.00. The molecule has 0 heterocycles. The molecule has 0 saturated carbocycles. The molecule has 0 bridgehead atoms. The molecule has 2 rings (SSSR count). The van der Waals surface area contributed by atoms with Gasteiger partial charge in [0.15, 0.2) is 0 Å². The predicted molar refractivity (Wildman–Crippen MR) is 76.2 cm³/mol. The van der Waals surface area contributed by atoms with E-state index in [1.165, 1.54) is 0 Å². The number of aryl methyl sites for hydroxylation is 1. The minimum atomic E-state index is 0.103. The molecule has 0 fully saturated rings. The van der Waals surface area contributed by atoms with Gasteiger partial charge in [-0.2, -0.15) is 0 Å². The maximum Gasteiger partial charge on any atom is 0.0502 e. The number of halogens is 1. The van der Waals surface area contributed by atoms with Gasteiger partial charge >= 0.3 is 0 Å². The van der Waals surface area contributed by atoms with Crippen molar-refractivity contribution in [3.05, 3.63) is 70.2 Å². The van der Waals surface area contributed by atoms with E-state index in [-0.39, 0.29) is 12.5 Å². The normalized spacial score (nSPS) is 12.4. The van der Waals surface area contributed by atoms with Crippen LogP contribution in [0.2, 0.25) is 5.02 Å². The molecule has 0 aliphatic carbocycles. The van der Waals surface area contributed by atoms with Crippen molar-refractivity contribution in [2.45, 2.75) is 19.3 Å². The first-order valence-corrected chi connectivity index (χ1v) is 6.49. The summed E-state index contributed by atoms with van der Waals surface area (Å²) >= 11 is 6.24. The highest BCUT2D eigenvalue weighted by Gasteiger charge is 2.12. The van der Waals surface area contributed by atoms with Crippen molar-refractivity contribution >= 4 is 11.6 Å². The number of hydrogen-bond donors (Lipinski definition) is 1. The molecule has 0 aliphatic heterocycles. The summed E-state index contributed by atoms with van der Waals surface area (Å²) in [5.41, 5.74) is 3.39. The van der Waals surface area contributed by atoms with Crippen molar-refractivity contribution in [3.8, 4) is 0 Å². The number of aliphatic hydroxyl groups is 1. The van der Waals surface area contributed by atoms with Gasteiger partial charge in [0.2, 0.25) is 0 Å². The summed E-state index contributed by atoms with van der Waals surface area (Å²) in [5, 5.41) is 10.3. The van der Waals surface area contributed by atoms with Crippen LogP contribution in [0.25, 0.3) is 0 Å². The third-order valence-electron chi connectivity index (χ3n) is 3.17. The third kappa shape index (κ3) is 3.12. The smallest absolute Gasteiger partial charge is 0.0502 e. The van der Waals surface area contributed by atoms with E-state index in [4.69, 9.17) is 11.6 Å². The van der Waals surface area contributed by atoms with Gasteiger partial charge in [0.1, 0.15) is 0 Å². The Morgan fingerprint density at radius 2 is 1.83 bits per heavy atom. The number of hydrogen-bond acceptors (Lipinski definition) is 1. The maximum absolute atomic E-state index is 9.54. The van der Waals surface area contributed by atoms with E-state index in [0.29, 0.717) is 0 Å². The average molecular weight is 261 g/mol. The molecule has 0 amide bonds. The van der Waals surface area contributed by atoms with Gasteiger partial charge in [-0.05, 0) is 36.1 Å². The molecule has 2 aromatic rings. The maximum atomic E-state index is 9.54. The predicted octanol–water partition coefficient (Wildman–Crippen LogP) is 3.97. The lowest BCUT2D eigenvalue weighted by Crippen LogP contribution is -2.08. The van der Waals surface area contributed by atoms with E-state index in [1.54, 1.807) is 0 Å². The minimum absolute atomic E-state index is 0.103. The third-order valence-corrected chi connectivity index (χ3v) is 3.52. The molecule has 0 saturated heterocycles. The summed E-state index contributed by atoms with van der Waals surface area (Å²) in [7, 11) is 0. The molecule has 1 unspecified atom stereocenters. The molecule has 0 aliphatic rings. The van der Waals surface area contributed by atoms with Gasteiger partial charge in [-0.3, -0.25) is 0 Å². The zero-order valence-corrected chi connectivity index (χ0v) is 11.2. The Labute approximate surface area is 113 Å². The van der Waals surface area contributed by atoms with Crippen molar-refractivity contribution in [1.82, 2.24) is 0 Å². The van der Waals surface area contributed by atoms with E-state index in [2.05, 4.69) is 6.07 Å². The van der Waals surface area contributed by atoms with Crippen molar-refractivity contribution in [3.63, 3.8) is 0 Å². The van der Waals surface area contributed by atoms with E-state index in [1.807, 2.05) is 49.4 Å². The fourth-order valence-electron chi connectivity index (χ4n) is 2.10. The Balaban J connectivity index is 2.21. The van der Waals surface area contributed by atoms with Crippen LogP contribution in [0.3, 0.4) is 0 Å². The fourth-order valence-corrected chi connectivity index (χ4v) is 2.41. The van der Waals surface area contributed by atoms with Gasteiger partial charge in [0.25, 0.3) is 0 Å². The first-order chi connectivity index (χ1) is 8.70. The summed E-state index contributed by atoms with van der Waals surface area (Å²) in [6.45, 7) is 2.16. The zero-order valence-electron chi connectivity index (χ0n) is 10.4. The van der Waals surface area contributed by atoms with E-state index in [9.17, 15) is 5.11 Å². The van der Waals surface area contributed by atoms with Gasteiger partial charge in [-0.25, -0.2) is 0 Å². The second-order valence-electron chi connectivity index (χ2n) is 4.59. The molecule has 1 nitrogen and oxygen atoms in total. The van der Waals surface area contributed by atoms with Crippen LogP contribution in [0.5, 0.6) is 0 Å². The summed E-state index contributed by atoms with van der Waals surface area (Å²) in [6, 6.07) is 16.1. The summed E-state index contributed by atoms with van der Waals surface area (Å²) in [5.74, 6) is 0.103. The lowest BCUT2D eigenvalue weighted by molar-refractivity contribution is 0.264. The molecule has 94 valence electrons. The molecule has 0 radical (unpaired) electrons. The first kappa shape index (κ1) is 13.1. The Bertz CT molecular complexity index is 508. The lowest BCUT2D eigenvalue weighted by atomic mass is 9.92. The molecule has 2 heteroatoms. The van der Waals surface area contributed by atoms with Crippen LogP contribution in [-0.4, -0.2) is 11.7 Å². The van der Waals surface area contributed by atoms with Crippen LogP contribution in [0.4, 0.5) is 0 Å². The van der Waals surface area contributed by atoms with Crippen LogP contribution in [-0.2, 0) is 6.42 Å². The van der Waals surface area contributed by atoms with Crippen LogP contribution in [0.15, 0.2) is 48.5 Å². The highest BCUT2D eigenvalue weighted by Crippen LogP contribution is 2.25. The molecule has 2 aromatic carbocycles. The molecule has 1 N–H and O–H groups in total. The van der Waals surface area contributed by atoms with Crippen LogP contribution < -0.4 is 0 Å². The molecule has 0 spiro atoms. The van der Waals surface area contributed by atoms with E-state index in [0.717, 1.165) is 28.1 Å².